The molecule has 1 amide bonds. The zero-order valence-corrected chi connectivity index (χ0v) is 15.7. The first-order chi connectivity index (χ1) is 13.1. The van der Waals surface area contributed by atoms with Gasteiger partial charge in [0.25, 0.3) is 5.91 Å². The second-order valence-electron chi connectivity index (χ2n) is 6.62. The molecule has 7 heteroatoms. The number of carbonyl (C=O) groups is 1. The molecule has 0 aliphatic carbocycles. The van der Waals surface area contributed by atoms with Crippen LogP contribution in [0.15, 0.2) is 54.7 Å². The van der Waals surface area contributed by atoms with Crippen molar-refractivity contribution < 1.29 is 4.79 Å². The number of carbonyl (C=O) groups excluding carboxylic acids is 1. The van der Waals surface area contributed by atoms with Crippen LogP contribution in [0.3, 0.4) is 0 Å². The molecule has 2 heterocycles. The lowest BCUT2D eigenvalue weighted by Gasteiger charge is -2.36. The Morgan fingerprint density at radius 2 is 1.96 bits per heavy atom. The van der Waals surface area contributed by atoms with Crippen LogP contribution in [0.5, 0.6) is 0 Å². The van der Waals surface area contributed by atoms with Gasteiger partial charge >= 0.3 is 0 Å². The molecule has 3 aromatic rings. The zero-order chi connectivity index (χ0) is 18.8. The van der Waals surface area contributed by atoms with Crippen LogP contribution < -0.4 is 5.32 Å². The molecule has 1 aliphatic rings. The van der Waals surface area contributed by atoms with E-state index in [2.05, 4.69) is 15.6 Å². The fraction of sp³-hybridized carbons (Fsp3) is 0.250. The van der Waals surface area contributed by atoms with Gasteiger partial charge in [-0.1, -0.05) is 52.7 Å². The number of piperazine rings is 1. The lowest BCUT2D eigenvalue weighted by atomic mass is 10.0. The molecule has 6 nitrogen and oxygen atoms in total. The summed E-state index contributed by atoms with van der Waals surface area (Å²) in [7, 11) is 0. The van der Waals surface area contributed by atoms with Crippen molar-refractivity contribution in [3.8, 4) is 5.69 Å². The predicted molar refractivity (Wildman–Crippen MR) is 104 cm³/mol. The normalized spacial score (nSPS) is 17.1. The van der Waals surface area contributed by atoms with E-state index < -0.39 is 0 Å². The van der Waals surface area contributed by atoms with Gasteiger partial charge in [0.15, 0.2) is 5.69 Å². The zero-order valence-electron chi connectivity index (χ0n) is 15.0. The van der Waals surface area contributed by atoms with E-state index in [0.717, 1.165) is 17.8 Å². The second-order valence-corrected chi connectivity index (χ2v) is 7.03. The number of hydrogen-bond acceptors (Lipinski definition) is 4. The number of nitrogens with zero attached hydrogens (tertiary/aromatic N) is 4. The molecule has 0 saturated carbocycles. The number of aromatic nitrogens is 3. The maximum atomic E-state index is 13.1. The van der Waals surface area contributed by atoms with E-state index in [1.807, 2.05) is 60.4 Å². The van der Waals surface area contributed by atoms with Crippen molar-refractivity contribution in [2.75, 3.05) is 19.6 Å². The number of halogens is 1. The van der Waals surface area contributed by atoms with E-state index in [1.165, 1.54) is 5.56 Å². The number of hydrogen-bond donors (Lipinski definition) is 1. The van der Waals surface area contributed by atoms with Crippen molar-refractivity contribution >= 4 is 17.5 Å². The fourth-order valence-electron chi connectivity index (χ4n) is 3.30. The van der Waals surface area contributed by atoms with E-state index in [0.29, 0.717) is 23.8 Å². The Bertz CT molecular complexity index is 953. The summed E-state index contributed by atoms with van der Waals surface area (Å²) in [6.45, 7) is 4.01. The number of nitrogens with one attached hydrogen (secondary N) is 1. The molecule has 27 heavy (non-hydrogen) atoms. The minimum atomic E-state index is -0.139. The standard InChI is InChI=1S/C20H20ClN5O/c1-14-6-8-15(9-7-14)26-13-18(23-24-26)20(27)25-11-10-22-12-19(25)16-4-2-3-5-17(16)21/h2-9,13,19,22H,10-12H2,1H3. The highest BCUT2D eigenvalue weighted by Gasteiger charge is 2.31. The largest absolute Gasteiger partial charge is 0.328 e. The monoisotopic (exact) mass is 381 g/mol. The van der Waals surface area contributed by atoms with Crippen LogP contribution in [-0.2, 0) is 0 Å². The lowest BCUT2D eigenvalue weighted by molar-refractivity contribution is 0.0628. The van der Waals surface area contributed by atoms with Crippen LogP contribution in [-0.4, -0.2) is 45.4 Å². The van der Waals surface area contributed by atoms with Gasteiger partial charge in [-0.3, -0.25) is 4.79 Å². The van der Waals surface area contributed by atoms with Crippen molar-refractivity contribution in [2.24, 2.45) is 0 Å². The second kappa shape index (κ2) is 7.50. The molecular weight excluding hydrogens is 362 g/mol. The molecule has 1 fully saturated rings. The summed E-state index contributed by atoms with van der Waals surface area (Å²) < 4.78 is 1.62. The van der Waals surface area contributed by atoms with Gasteiger partial charge in [0, 0.05) is 24.7 Å². The molecule has 1 saturated heterocycles. The quantitative estimate of drug-likeness (QED) is 0.757. The predicted octanol–water partition coefficient (Wildman–Crippen LogP) is 3.02. The summed E-state index contributed by atoms with van der Waals surface area (Å²) in [4.78, 5) is 15.0. The van der Waals surface area contributed by atoms with Crippen LogP contribution in [0, 0.1) is 6.92 Å². The van der Waals surface area contributed by atoms with E-state index >= 15 is 0 Å². The summed E-state index contributed by atoms with van der Waals surface area (Å²) in [5.41, 5.74) is 3.30. The van der Waals surface area contributed by atoms with E-state index in [9.17, 15) is 4.79 Å². The molecule has 0 radical (unpaired) electrons. The number of benzene rings is 2. The highest BCUT2D eigenvalue weighted by Crippen LogP contribution is 2.29. The van der Waals surface area contributed by atoms with Crippen molar-refractivity contribution in [2.45, 2.75) is 13.0 Å². The maximum Gasteiger partial charge on any atom is 0.276 e. The Kier molecular flexibility index (Phi) is 4.92. The first-order valence-electron chi connectivity index (χ1n) is 8.89. The van der Waals surface area contributed by atoms with Gasteiger partial charge in [-0.05, 0) is 30.7 Å². The van der Waals surface area contributed by atoms with Crippen molar-refractivity contribution in [1.29, 1.82) is 0 Å². The molecule has 1 atom stereocenters. The summed E-state index contributed by atoms with van der Waals surface area (Å²) in [5.74, 6) is -0.139. The summed E-state index contributed by atoms with van der Waals surface area (Å²) in [5, 5.41) is 12.2. The lowest BCUT2D eigenvalue weighted by Crippen LogP contribution is -2.48. The number of aryl methyl sites for hydroxylation is 1. The average Bonchev–Trinajstić information content (AvgIpc) is 3.19. The van der Waals surface area contributed by atoms with Gasteiger partial charge in [-0.2, -0.15) is 0 Å². The molecule has 0 bridgehead atoms. The summed E-state index contributed by atoms with van der Waals surface area (Å²) in [6, 6.07) is 15.4. The van der Waals surface area contributed by atoms with E-state index in [4.69, 9.17) is 11.6 Å². The summed E-state index contributed by atoms with van der Waals surface area (Å²) >= 11 is 6.37. The third-order valence-electron chi connectivity index (χ3n) is 4.78. The van der Waals surface area contributed by atoms with Crippen molar-refractivity contribution in [1.82, 2.24) is 25.2 Å². The van der Waals surface area contributed by atoms with Gasteiger partial charge < -0.3 is 10.2 Å². The van der Waals surface area contributed by atoms with Gasteiger partial charge in [-0.25, -0.2) is 4.68 Å². The maximum absolute atomic E-state index is 13.1. The Balaban J connectivity index is 1.61. The van der Waals surface area contributed by atoms with Gasteiger partial charge in [0.1, 0.15) is 0 Å². The highest BCUT2D eigenvalue weighted by molar-refractivity contribution is 6.31. The first-order valence-corrected chi connectivity index (χ1v) is 9.27. The van der Waals surface area contributed by atoms with E-state index in [1.54, 1.807) is 10.9 Å². The van der Waals surface area contributed by atoms with Crippen LogP contribution in [0.1, 0.15) is 27.7 Å². The smallest absolute Gasteiger partial charge is 0.276 e. The third-order valence-corrected chi connectivity index (χ3v) is 5.12. The van der Waals surface area contributed by atoms with Crippen LogP contribution in [0.2, 0.25) is 5.02 Å². The molecule has 4 rings (SSSR count). The Morgan fingerprint density at radius 3 is 2.74 bits per heavy atom. The first kappa shape index (κ1) is 17.7. The molecular formula is C20H20ClN5O. The minimum Gasteiger partial charge on any atom is -0.328 e. The van der Waals surface area contributed by atoms with Gasteiger partial charge in [0.05, 0.1) is 17.9 Å². The topological polar surface area (TPSA) is 63.1 Å². The number of rotatable bonds is 3. The van der Waals surface area contributed by atoms with Crippen LogP contribution in [0.25, 0.3) is 5.69 Å². The van der Waals surface area contributed by atoms with E-state index in [-0.39, 0.29) is 11.9 Å². The van der Waals surface area contributed by atoms with Gasteiger partial charge in [0.2, 0.25) is 0 Å². The molecule has 2 aromatic carbocycles. The Labute approximate surface area is 162 Å². The SMILES string of the molecule is Cc1ccc(-n2cc(C(=O)N3CCNCC3c3ccccc3Cl)nn2)cc1. The minimum absolute atomic E-state index is 0.135. The highest BCUT2D eigenvalue weighted by atomic mass is 35.5. The molecule has 1 aliphatic heterocycles. The Hall–Kier alpha value is -2.70. The van der Waals surface area contributed by atoms with Crippen molar-refractivity contribution in [3.05, 3.63) is 76.6 Å². The number of amides is 1. The van der Waals surface area contributed by atoms with Gasteiger partial charge in [-0.15, -0.1) is 5.10 Å². The van der Waals surface area contributed by atoms with Crippen molar-refractivity contribution in [3.63, 3.8) is 0 Å². The molecule has 1 N–H and O–H groups in total. The Morgan fingerprint density at radius 1 is 1.19 bits per heavy atom. The van der Waals surface area contributed by atoms with Crippen LogP contribution >= 0.6 is 11.6 Å². The molecule has 1 unspecified atom stereocenters. The van der Waals surface area contributed by atoms with Crippen LogP contribution in [0.4, 0.5) is 0 Å². The fourth-order valence-corrected chi connectivity index (χ4v) is 3.56. The molecule has 1 aromatic heterocycles. The molecule has 0 spiro atoms. The molecule has 138 valence electrons. The summed E-state index contributed by atoms with van der Waals surface area (Å²) in [6.07, 6.45) is 1.68. The third kappa shape index (κ3) is 3.59. The average molecular weight is 382 g/mol.